The lowest BCUT2D eigenvalue weighted by Gasteiger charge is -2.20. The number of fused-ring (bicyclic) bond motifs is 1. The molecule has 0 saturated heterocycles. The molecule has 0 unspecified atom stereocenters. The molecule has 2 aromatic rings. The Kier molecular flexibility index (Phi) is 5.19. The van der Waals surface area contributed by atoms with E-state index in [1.807, 2.05) is 42.5 Å². The van der Waals surface area contributed by atoms with Crippen molar-refractivity contribution >= 4 is 17.7 Å². The molecular formula is C21H22O5. The molecule has 5 nitrogen and oxygen atoms in total. The molecule has 0 aliphatic heterocycles. The molecule has 0 aromatic heterocycles. The third-order valence-electron chi connectivity index (χ3n) is 4.36. The average molecular weight is 354 g/mol. The number of hydrogen-bond donors (Lipinski definition) is 1. The average Bonchev–Trinajstić information content (AvgIpc) is 2.68. The van der Waals surface area contributed by atoms with Gasteiger partial charge in [-0.05, 0) is 52.6 Å². The van der Waals surface area contributed by atoms with Crippen molar-refractivity contribution in [3.8, 4) is 23.0 Å². The first-order chi connectivity index (χ1) is 12.6. The summed E-state index contributed by atoms with van der Waals surface area (Å²) in [6.07, 6.45) is 4.87. The highest BCUT2D eigenvalue weighted by atomic mass is 16.5. The fraction of sp³-hybridized carbons (Fsp3) is 0.238. The third-order valence-corrected chi connectivity index (χ3v) is 4.36. The molecule has 1 aliphatic rings. The molecule has 0 spiro atoms. The Morgan fingerprint density at radius 2 is 1.58 bits per heavy atom. The molecule has 0 fully saturated rings. The number of benzene rings is 2. The van der Waals surface area contributed by atoms with Crippen LogP contribution >= 0.6 is 0 Å². The Morgan fingerprint density at radius 3 is 2.15 bits per heavy atom. The Hall–Kier alpha value is -2.92. The van der Waals surface area contributed by atoms with E-state index in [1.54, 1.807) is 34.5 Å². The van der Waals surface area contributed by atoms with Crippen LogP contribution in [0.2, 0.25) is 0 Å². The van der Waals surface area contributed by atoms with Crippen molar-refractivity contribution in [3.63, 3.8) is 0 Å². The molecule has 1 aliphatic carbocycles. The topological polar surface area (TPSA) is 57.2 Å². The number of rotatable bonds is 5. The van der Waals surface area contributed by atoms with Crippen LogP contribution in [-0.2, 0) is 0 Å². The van der Waals surface area contributed by atoms with Crippen LogP contribution in [0.15, 0.2) is 36.4 Å². The van der Waals surface area contributed by atoms with E-state index in [0.29, 0.717) is 17.2 Å². The predicted molar refractivity (Wildman–Crippen MR) is 102 cm³/mol. The molecule has 3 rings (SSSR count). The van der Waals surface area contributed by atoms with E-state index in [1.165, 1.54) is 0 Å². The van der Waals surface area contributed by atoms with Crippen LogP contribution in [0.5, 0.6) is 23.0 Å². The van der Waals surface area contributed by atoms with E-state index in [-0.39, 0.29) is 0 Å². The quantitative estimate of drug-likeness (QED) is 0.888. The van der Waals surface area contributed by atoms with Crippen LogP contribution in [0.25, 0.3) is 17.7 Å². The van der Waals surface area contributed by atoms with Crippen LogP contribution in [0.4, 0.5) is 0 Å². The Morgan fingerprint density at radius 1 is 0.885 bits per heavy atom. The molecule has 2 aromatic carbocycles. The Balaban J connectivity index is 2.11. The van der Waals surface area contributed by atoms with Gasteiger partial charge < -0.3 is 24.1 Å². The summed E-state index contributed by atoms with van der Waals surface area (Å²) in [6, 6.07) is 9.48. The summed E-state index contributed by atoms with van der Waals surface area (Å²) in [4.78, 5) is 0. The molecule has 136 valence electrons. The predicted octanol–water partition coefficient (Wildman–Crippen LogP) is 3.65. The molecule has 0 saturated carbocycles. The zero-order valence-electron chi connectivity index (χ0n) is 15.3. The van der Waals surface area contributed by atoms with Gasteiger partial charge in [-0.15, -0.1) is 0 Å². The molecule has 5 heteroatoms. The van der Waals surface area contributed by atoms with Gasteiger partial charge in [0.05, 0.1) is 34.5 Å². The standard InChI is InChI=1S/C21H22O5/c1-23-15-6-7-16-14(12-15)5-8-18(22)17(16)9-13-10-19(24-2)21(26-4)20(11-13)25-3/h5-12,18,22H,1-4H3/b17-9-/t18-/m0/s1. The highest BCUT2D eigenvalue weighted by Gasteiger charge is 2.19. The number of ether oxygens (including phenoxy) is 4. The van der Waals surface area contributed by atoms with Crippen LogP contribution in [0.3, 0.4) is 0 Å². The van der Waals surface area contributed by atoms with Crippen molar-refractivity contribution in [1.82, 2.24) is 0 Å². The highest BCUT2D eigenvalue weighted by Crippen LogP contribution is 2.40. The zero-order chi connectivity index (χ0) is 18.7. The zero-order valence-corrected chi connectivity index (χ0v) is 15.3. The Labute approximate surface area is 153 Å². The minimum absolute atomic E-state index is 0.534. The number of aliphatic hydroxyl groups is 1. The number of methoxy groups -OCH3 is 4. The van der Waals surface area contributed by atoms with Gasteiger partial charge in [-0.1, -0.05) is 18.2 Å². The SMILES string of the molecule is COc1ccc2c(c1)C=C[C@H](O)/C2=C\c1cc(OC)c(OC)c(OC)c1. The summed E-state index contributed by atoms with van der Waals surface area (Å²) in [5, 5.41) is 10.5. The van der Waals surface area contributed by atoms with Gasteiger partial charge >= 0.3 is 0 Å². The minimum atomic E-state index is -0.699. The number of aliphatic hydroxyl groups excluding tert-OH is 1. The van der Waals surface area contributed by atoms with Gasteiger partial charge in [0.15, 0.2) is 11.5 Å². The fourth-order valence-electron chi connectivity index (χ4n) is 3.05. The summed E-state index contributed by atoms with van der Waals surface area (Å²) < 4.78 is 21.5. The van der Waals surface area contributed by atoms with Crippen LogP contribution in [0, 0.1) is 0 Å². The van der Waals surface area contributed by atoms with Gasteiger partial charge in [0.1, 0.15) is 5.75 Å². The van der Waals surface area contributed by atoms with Crippen molar-refractivity contribution in [1.29, 1.82) is 0 Å². The first kappa shape index (κ1) is 17.9. The maximum atomic E-state index is 10.5. The second-order valence-electron chi connectivity index (χ2n) is 5.82. The van der Waals surface area contributed by atoms with Gasteiger partial charge in [0, 0.05) is 0 Å². The first-order valence-corrected chi connectivity index (χ1v) is 8.17. The molecule has 0 radical (unpaired) electrons. The summed E-state index contributed by atoms with van der Waals surface area (Å²) in [7, 11) is 6.36. The molecular weight excluding hydrogens is 332 g/mol. The maximum absolute atomic E-state index is 10.5. The van der Waals surface area contributed by atoms with Crippen molar-refractivity contribution in [3.05, 3.63) is 53.1 Å². The lowest BCUT2D eigenvalue weighted by molar-refractivity contribution is 0.281. The lowest BCUT2D eigenvalue weighted by atomic mass is 9.89. The lowest BCUT2D eigenvalue weighted by Crippen LogP contribution is -2.10. The van der Waals surface area contributed by atoms with E-state index >= 15 is 0 Å². The second-order valence-corrected chi connectivity index (χ2v) is 5.82. The van der Waals surface area contributed by atoms with E-state index in [4.69, 9.17) is 18.9 Å². The minimum Gasteiger partial charge on any atom is -0.497 e. The summed E-state index contributed by atoms with van der Waals surface area (Å²) in [5.41, 5.74) is 3.58. The van der Waals surface area contributed by atoms with E-state index in [9.17, 15) is 5.11 Å². The van der Waals surface area contributed by atoms with Gasteiger partial charge in [-0.25, -0.2) is 0 Å². The smallest absolute Gasteiger partial charge is 0.203 e. The van der Waals surface area contributed by atoms with Gasteiger partial charge in [0.2, 0.25) is 5.75 Å². The van der Waals surface area contributed by atoms with Crippen molar-refractivity contribution < 1.29 is 24.1 Å². The summed E-state index contributed by atoms with van der Waals surface area (Å²) >= 11 is 0. The highest BCUT2D eigenvalue weighted by molar-refractivity contribution is 5.91. The molecule has 26 heavy (non-hydrogen) atoms. The monoisotopic (exact) mass is 354 g/mol. The molecule has 1 N–H and O–H groups in total. The van der Waals surface area contributed by atoms with Crippen LogP contribution in [-0.4, -0.2) is 39.6 Å². The normalized spacial score (nSPS) is 17.0. The second kappa shape index (κ2) is 7.54. The van der Waals surface area contributed by atoms with Gasteiger partial charge in [-0.3, -0.25) is 0 Å². The summed E-state index contributed by atoms with van der Waals surface area (Å²) in [6.45, 7) is 0. The summed E-state index contributed by atoms with van der Waals surface area (Å²) in [5.74, 6) is 2.44. The van der Waals surface area contributed by atoms with Crippen molar-refractivity contribution in [2.75, 3.05) is 28.4 Å². The Bertz CT molecular complexity index is 842. The molecule has 1 atom stereocenters. The third kappa shape index (κ3) is 3.26. The van der Waals surface area contributed by atoms with Crippen molar-refractivity contribution in [2.45, 2.75) is 6.10 Å². The van der Waals surface area contributed by atoms with E-state index < -0.39 is 6.10 Å². The first-order valence-electron chi connectivity index (χ1n) is 8.17. The van der Waals surface area contributed by atoms with Crippen molar-refractivity contribution in [2.24, 2.45) is 0 Å². The van der Waals surface area contributed by atoms with Gasteiger partial charge in [0.25, 0.3) is 0 Å². The van der Waals surface area contributed by atoms with Gasteiger partial charge in [-0.2, -0.15) is 0 Å². The molecule has 0 heterocycles. The fourth-order valence-corrected chi connectivity index (χ4v) is 3.05. The largest absolute Gasteiger partial charge is 0.497 e. The van der Waals surface area contributed by atoms with E-state index in [2.05, 4.69) is 0 Å². The van der Waals surface area contributed by atoms with E-state index in [0.717, 1.165) is 28.0 Å². The molecule has 0 bridgehead atoms. The van der Waals surface area contributed by atoms with Crippen LogP contribution in [0.1, 0.15) is 16.7 Å². The molecule has 0 amide bonds. The number of hydrogen-bond acceptors (Lipinski definition) is 5. The maximum Gasteiger partial charge on any atom is 0.203 e. The van der Waals surface area contributed by atoms with Crippen LogP contribution < -0.4 is 18.9 Å².